The Morgan fingerprint density at radius 1 is 1.24 bits per heavy atom. The maximum atomic E-state index is 10.5. The largest absolute Gasteiger partial charge is 0.543 e. The molecule has 0 heterocycles. The highest BCUT2D eigenvalue weighted by atomic mass is 28.4. The van der Waals surface area contributed by atoms with Crippen LogP contribution >= 0.6 is 0 Å². The SMILES string of the molecule is CC(C)C(C)(C)[Si](C)(C)Oc1ccc(C=CC(=O)O)cc1. The van der Waals surface area contributed by atoms with Gasteiger partial charge in [-0.3, -0.25) is 0 Å². The van der Waals surface area contributed by atoms with E-state index in [9.17, 15) is 4.79 Å². The van der Waals surface area contributed by atoms with Crippen LogP contribution in [0.25, 0.3) is 6.08 Å². The Bertz CT molecular complexity index is 513. The summed E-state index contributed by atoms with van der Waals surface area (Å²) in [5.41, 5.74) is 0.854. The van der Waals surface area contributed by atoms with Crippen LogP contribution in [0.3, 0.4) is 0 Å². The van der Waals surface area contributed by atoms with E-state index in [1.54, 1.807) is 6.08 Å². The molecule has 0 atom stereocenters. The van der Waals surface area contributed by atoms with Gasteiger partial charge in [0.1, 0.15) is 5.75 Å². The molecule has 0 saturated heterocycles. The first-order chi connectivity index (χ1) is 9.56. The van der Waals surface area contributed by atoms with Crippen molar-refractivity contribution in [2.75, 3.05) is 0 Å². The molecule has 0 aliphatic carbocycles. The van der Waals surface area contributed by atoms with E-state index in [0.29, 0.717) is 5.92 Å². The van der Waals surface area contributed by atoms with E-state index >= 15 is 0 Å². The molecular weight excluding hydrogens is 280 g/mol. The molecule has 0 aliphatic heterocycles. The van der Waals surface area contributed by atoms with Crippen LogP contribution in [0.5, 0.6) is 5.75 Å². The molecule has 1 aromatic rings. The van der Waals surface area contributed by atoms with Crippen LogP contribution in [0.4, 0.5) is 0 Å². The topological polar surface area (TPSA) is 46.5 Å². The second-order valence-corrected chi connectivity index (χ2v) is 11.2. The highest BCUT2D eigenvalue weighted by Crippen LogP contribution is 2.44. The van der Waals surface area contributed by atoms with Crippen LogP contribution in [0, 0.1) is 5.92 Å². The summed E-state index contributed by atoms with van der Waals surface area (Å²) < 4.78 is 6.31. The Kier molecular flexibility index (Phi) is 5.40. The summed E-state index contributed by atoms with van der Waals surface area (Å²) in [6.07, 6.45) is 2.71. The molecule has 1 rings (SSSR count). The van der Waals surface area contributed by atoms with Crippen LogP contribution in [0.2, 0.25) is 18.1 Å². The average Bonchev–Trinajstić information content (AvgIpc) is 2.37. The van der Waals surface area contributed by atoms with Crippen molar-refractivity contribution in [3.05, 3.63) is 35.9 Å². The van der Waals surface area contributed by atoms with Crippen molar-refractivity contribution in [2.24, 2.45) is 5.92 Å². The maximum Gasteiger partial charge on any atom is 0.328 e. The van der Waals surface area contributed by atoms with Gasteiger partial charge in [0.05, 0.1) is 0 Å². The number of carboxylic acids is 1. The molecule has 21 heavy (non-hydrogen) atoms. The van der Waals surface area contributed by atoms with E-state index < -0.39 is 14.3 Å². The molecule has 1 aromatic carbocycles. The normalized spacial score (nSPS) is 12.9. The van der Waals surface area contributed by atoms with Gasteiger partial charge in [0, 0.05) is 6.08 Å². The minimum atomic E-state index is -1.90. The number of carboxylic acid groups (broad SMARTS) is 1. The maximum absolute atomic E-state index is 10.5. The fourth-order valence-corrected chi connectivity index (χ4v) is 4.31. The molecule has 1 N–H and O–H groups in total. The smallest absolute Gasteiger partial charge is 0.328 e. The molecule has 0 aliphatic rings. The third kappa shape index (κ3) is 4.46. The Labute approximate surface area is 128 Å². The van der Waals surface area contributed by atoms with Gasteiger partial charge in [0.25, 0.3) is 8.32 Å². The van der Waals surface area contributed by atoms with Gasteiger partial charge in [-0.05, 0) is 47.8 Å². The van der Waals surface area contributed by atoms with Gasteiger partial charge in [0.15, 0.2) is 0 Å². The first kappa shape index (κ1) is 17.5. The monoisotopic (exact) mass is 306 g/mol. The number of rotatable bonds is 6. The first-order valence-electron chi connectivity index (χ1n) is 7.26. The third-order valence-electron chi connectivity index (χ3n) is 4.67. The predicted octanol–water partition coefficient (Wildman–Crippen LogP) is 4.80. The van der Waals surface area contributed by atoms with Crippen molar-refractivity contribution in [3.8, 4) is 5.75 Å². The molecule has 0 amide bonds. The number of aliphatic carboxylic acids is 1. The molecule has 0 fully saturated rings. The highest BCUT2D eigenvalue weighted by molar-refractivity contribution is 6.74. The molecule has 0 saturated carbocycles. The second kappa shape index (κ2) is 6.48. The van der Waals surface area contributed by atoms with Gasteiger partial charge in [-0.1, -0.05) is 39.8 Å². The lowest BCUT2D eigenvalue weighted by Gasteiger charge is -2.42. The Hall–Kier alpha value is -1.55. The minimum absolute atomic E-state index is 0.162. The number of benzene rings is 1. The number of carbonyl (C=O) groups is 1. The lowest BCUT2D eigenvalue weighted by Crippen LogP contribution is -2.47. The summed E-state index contributed by atoms with van der Waals surface area (Å²) in [6, 6.07) is 7.57. The quantitative estimate of drug-likeness (QED) is 0.606. The van der Waals surface area contributed by atoms with Crippen molar-refractivity contribution < 1.29 is 14.3 Å². The van der Waals surface area contributed by atoms with Gasteiger partial charge in [-0.15, -0.1) is 0 Å². The number of hydrogen-bond donors (Lipinski definition) is 1. The summed E-state index contributed by atoms with van der Waals surface area (Å²) in [5.74, 6) is 0.465. The molecule has 0 aromatic heterocycles. The predicted molar refractivity (Wildman–Crippen MR) is 90.1 cm³/mol. The van der Waals surface area contributed by atoms with Gasteiger partial charge in [0.2, 0.25) is 0 Å². The summed E-state index contributed by atoms with van der Waals surface area (Å²) in [4.78, 5) is 10.5. The van der Waals surface area contributed by atoms with Crippen molar-refractivity contribution in [2.45, 2.75) is 45.8 Å². The Morgan fingerprint density at radius 2 is 1.76 bits per heavy atom. The standard InChI is InChI=1S/C17H26O3Si/c1-13(2)17(3,4)21(5,6)20-15-10-7-14(8-11-15)9-12-16(18)19/h7-13H,1-6H3,(H,18,19). The molecule has 0 bridgehead atoms. The average molecular weight is 306 g/mol. The summed E-state index contributed by atoms with van der Waals surface area (Å²) in [6.45, 7) is 13.5. The fraction of sp³-hybridized carbons (Fsp3) is 0.471. The first-order valence-corrected chi connectivity index (χ1v) is 10.2. The van der Waals surface area contributed by atoms with E-state index in [1.807, 2.05) is 24.3 Å². The van der Waals surface area contributed by atoms with E-state index in [4.69, 9.17) is 9.53 Å². The van der Waals surface area contributed by atoms with Crippen molar-refractivity contribution in [1.29, 1.82) is 0 Å². The fourth-order valence-electron chi connectivity index (χ4n) is 1.94. The van der Waals surface area contributed by atoms with E-state index in [0.717, 1.165) is 17.4 Å². The zero-order valence-corrected chi connectivity index (χ0v) is 14.8. The molecule has 0 unspecified atom stereocenters. The van der Waals surface area contributed by atoms with E-state index in [1.165, 1.54) is 0 Å². The summed E-state index contributed by atoms with van der Waals surface area (Å²) in [7, 11) is -1.90. The third-order valence-corrected chi connectivity index (χ3v) is 9.09. The molecular formula is C17H26O3Si. The lowest BCUT2D eigenvalue weighted by molar-refractivity contribution is -0.131. The molecule has 3 nitrogen and oxygen atoms in total. The molecule has 4 heteroatoms. The second-order valence-electron chi connectivity index (χ2n) is 6.73. The van der Waals surface area contributed by atoms with Crippen molar-refractivity contribution in [1.82, 2.24) is 0 Å². The van der Waals surface area contributed by atoms with Crippen molar-refractivity contribution in [3.63, 3.8) is 0 Å². The Morgan fingerprint density at radius 3 is 2.19 bits per heavy atom. The molecule has 0 radical (unpaired) electrons. The van der Waals surface area contributed by atoms with E-state index in [2.05, 4.69) is 40.8 Å². The zero-order chi connectivity index (χ0) is 16.3. The summed E-state index contributed by atoms with van der Waals surface area (Å²) >= 11 is 0. The van der Waals surface area contributed by atoms with Crippen LogP contribution in [-0.2, 0) is 4.79 Å². The van der Waals surface area contributed by atoms with Crippen LogP contribution in [0.1, 0.15) is 33.3 Å². The highest BCUT2D eigenvalue weighted by Gasteiger charge is 2.44. The zero-order valence-electron chi connectivity index (χ0n) is 13.8. The van der Waals surface area contributed by atoms with Crippen molar-refractivity contribution >= 4 is 20.4 Å². The lowest BCUT2D eigenvalue weighted by atomic mass is 9.99. The summed E-state index contributed by atoms with van der Waals surface area (Å²) in [5, 5.41) is 8.78. The van der Waals surface area contributed by atoms with Gasteiger partial charge in [-0.25, -0.2) is 4.79 Å². The minimum Gasteiger partial charge on any atom is -0.543 e. The molecule has 116 valence electrons. The van der Waals surface area contributed by atoms with Crippen LogP contribution < -0.4 is 4.43 Å². The van der Waals surface area contributed by atoms with Gasteiger partial charge >= 0.3 is 5.97 Å². The van der Waals surface area contributed by atoms with E-state index in [-0.39, 0.29) is 5.04 Å². The number of hydrogen-bond acceptors (Lipinski definition) is 2. The van der Waals surface area contributed by atoms with Gasteiger partial charge in [-0.2, -0.15) is 0 Å². The van der Waals surface area contributed by atoms with Crippen LogP contribution in [0.15, 0.2) is 30.3 Å². The van der Waals surface area contributed by atoms with Gasteiger partial charge < -0.3 is 9.53 Å². The van der Waals surface area contributed by atoms with Crippen LogP contribution in [-0.4, -0.2) is 19.4 Å². The molecule has 0 spiro atoms. The Balaban J connectivity index is 2.87.